The predicted octanol–water partition coefficient (Wildman–Crippen LogP) is 1.56. The zero-order valence-corrected chi connectivity index (χ0v) is 13.6. The summed E-state index contributed by atoms with van der Waals surface area (Å²) < 4.78 is 0. The number of likely N-dealkylation sites (tertiary alicyclic amines) is 1. The van der Waals surface area contributed by atoms with Gasteiger partial charge < -0.3 is 15.1 Å². The molecule has 2 fully saturated rings. The molecule has 1 aliphatic heterocycles. The summed E-state index contributed by atoms with van der Waals surface area (Å²) in [4.78, 5) is 16.0. The molecule has 0 aromatic carbocycles. The zero-order valence-electron chi connectivity index (χ0n) is 13.6. The van der Waals surface area contributed by atoms with E-state index >= 15 is 0 Å². The molecule has 1 aliphatic carbocycles. The van der Waals surface area contributed by atoms with Crippen LogP contribution in [0.3, 0.4) is 0 Å². The Hall–Kier alpha value is -0.610. The number of nitrogens with zero attached hydrogens (tertiary/aromatic N) is 2. The Morgan fingerprint density at radius 1 is 1.25 bits per heavy atom. The van der Waals surface area contributed by atoms with Crippen LogP contribution in [0.25, 0.3) is 0 Å². The summed E-state index contributed by atoms with van der Waals surface area (Å²) in [6, 6.07) is 1.29. The zero-order chi connectivity index (χ0) is 14.7. The van der Waals surface area contributed by atoms with Gasteiger partial charge in [0.25, 0.3) is 0 Å². The first-order valence-electron chi connectivity index (χ1n) is 8.16. The molecule has 2 atom stereocenters. The number of carbonyl (C=O) groups is 1. The van der Waals surface area contributed by atoms with E-state index in [4.69, 9.17) is 0 Å². The van der Waals surface area contributed by atoms with Crippen LogP contribution >= 0.6 is 0 Å². The summed E-state index contributed by atoms with van der Waals surface area (Å²) >= 11 is 0. The molecule has 0 spiro atoms. The van der Waals surface area contributed by atoms with Crippen LogP contribution in [0.1, 0.15) is 39.5 Å². The molecule has 1 amide bonds. The van der Waals surface area contributed by atoms with Crippen LogP contribution in [-0.4, -0.2) is 61.5 Å². The van der Waals surface area contributed by atoms with E-state index in [1.807, 2.05) is 14.1 Å². The molecule has 0 aromatic rings. The van der Waals surface area contributed by atoms with Gasteiger partial charge in [0.2, 0.25) is 5.91 Å². The average molecular weight is 281 g/mol. The van der Waals surface area contributed by atoms with Crippen LogP contribution in [0.4, 0.5) is 0 Å². The van der Waals surface area contributed by atoms with E-state index in [0.29, 0.717) is 18.5 Å². The number of amides is 1. The lowest BCUT2D eigenvalue weighted by Gasteiger charge is -2.49. The molecule has 0 aromatic heterocycles. The minimum absolute atomic E-state index is 0.224. The molecular weight excluding hydrogens is 250 g/mol. The van der Waals surface area contributed by atoms with E-state index < -0.39 is 0 Å². The minimum Gasteiger partial charge on any atom is -0.349 e. The fourth-order valence-corrected chi connectivity index (χ4v) is 3.80. The molecule has 20 heavy (non-hydrogen) atoms. The molecule has 2 bridgehead atoms. The largest absolute Gasteiger partial charge is 0.349 e. The quantitative estimate of drug-likeness (QED) is 0.831. The minimum atomic E-state index is 0.224. The van der Waals surface area contributed by atoms with Gasteiger partial charge >= 0.3 is 0 Å². The van der Waals surface area contributed by atoms with Crippen LogP contribution in [0.2, 0.25) is 0 Å². The molecule has 1 saturated heterocycles. The molecule has 1 heterocycles. The van der Waals surface area contributed by atoms with E-state index in [9.17, 15) is 4.79 Å². The first-order valence-corrected chi connectivity index (χ1v) is 8.16. The molecule has 0 radical (unpaired) electrons. The van der Waals surface area contributed by atoms with Crippen LogP contribution in [0.15, 0.2) is 0 Å². The molecule has 2 aliphatic rings. The van der Waals surface area contributed by atoms with Gasteiger partial charge in [0, 0.05) is 52.2 Å². The Labute approximate surface area is 123 Å². The highest BCUT2D eigenvalue weighted by Crippen LogP contribution is 2.35. The third-order valence-corrected chi connectivity index (χ3v) is 5.05. The lowest BCUT2D eigenvalue weighted by molar-refractivity contribution is -0.128. The monoisotopic (exact) mass is 281 g/mol. The third kappa shape index (κ3) is 3.73. The second kappa shape index (κ2) is 6.90. The summed E-state index contributed by atoms with van der Waals surface area (Å²) in [5.41, 5.74) is 0. The van der Waals surface area contributed by atoms with Gasteiger partial charge in [-0.15, -0.1) is 0 Å². The molecule has 1 N–H and O–H groups in total. The van der Waals surface area contributed by atoms with Gasteiger partial charge in [-0.2, -0.15) is 0 Å². The normalized spacial score (nSPS) is 30.6. The van der Waals surface area contributed by atoms with Crippen LogP contribution < -0.4 is 5.32 Å². The predicted molar refractivity (Wildman–Crippen MR) is 82.6 cm³/mol. The van der Waals surface area contributed by atoms with Crippen molar-refractivity contribution in [2.75, 3.05) is 33.7 Å². The summed E-state index contributed by atoms with van der Waals surface area (Å²) in [6.45, 7) is 7.90. The van der Waals surface area contributed by atoms with Gasteiger partial charge in [0.15, 0.2) is 0 Å². The Kier molecular flexibility index (Phi) is 5.44. The third-order valence-electron chi connectivity index (χ3n) is 5.05. The van der Waals surface area contributed by atoms with Crippen molar-refractivity contribution in [2.24, 2.45) is 11.8 Å². The van der Waals surface area contributed by atoms with Crippen molar-refractivity contribution < 1.29 is 4.79 Å². The van der Waals surface area contributed by atoms with Crippen molar-refractivity contribution in [1.29, 1.82) is 0 Å². The second-order valence-corrected chi connectivity index (χ2v) is 7.02. The Morgan fingerprint density at radius 2 is 1.85 bits per heavy atom. The van der Waals surface area contributed by atoms with Gasteiger partial charge in [-0.25, -0.2) is 0 Å². The van der Waals surface area contributed by atoms with Crippen LogP contribution in [0, 0.1) is 11.8 Å². The number of hydrogen-bond donors (Lipinski definition) is 1. The van der Waals surface area contributed by atoms with E-state index in [2.05, 4.69) is 24.1 Å². The van der Waals surface area contributed by atoms with Crippen molar-refractivity contribution in [3.8, 4) is 0 Å². The number of hydrogen-bond acceptors (Lipinski definition) is 3. The molecular formula is C16H31N3O. The summed E-state index contributed by atoms with van der Waals surface area (Å²) in [6.07, 6.45) is 4.70. The standard InChI is InChI=1S/C16H31N3O/c1-12(2)19-10-13-6-5-7-14(11-19)16(13)17-9-8-15(20)18(3)4/h12-14,16-17H,5-11H2,1-4H3. The van der Waals surface area contributed by atoms with Crippen molar-refractivity contribution >= 4 is 5.91 Å². The SMILES string of the molecule is CC(C)N1CC2CCCC(C1)C2NCCC(=O)N(C)C. The van der Waals surface area contributed by atoms with Gasteiger partial charge in [0.1, 0.15) is 0 Å². The van der Waals surface area contributed by atoms with E-state index in [0.717, 1.165) is 18.4 Å². The van der Waals surface area contributed by atoms with Crippen molar-refractivity contribution in [1.82, 2.24) is 15.1 Å². The maximum atomic E-state index is 11.7. The van der Waals surface area contributed by atoms with E-state index in [1.165, 1.54) is 32.4 Å². The topological polar surface area (TPSA) is 35.6 Å². The fraction of sp³-hybridized carbons (Fsp3) is 0.938. The number of nitrogens with one attached hydrogen (secondary N) is 1. The Morgan fingerprint density at radius 3 is 2.35 bits per heavy atom. The van der Waals surface area contributed by atoms with E-state index in [1.54, 1.807) is 4.90 Å². The highest BCUT2D eigenvalue weighted by molar-refractivity contribution is 5.75. The maximum Gasteiger partial charge on any atom is 0.223 e. The van der Waals surface area contributed by atoms with Crippen LogP contribution in [-0.2, 0) is 4.79 Å². The molecule has 4 heteroatoms. The lowest BCUT2D eigenvalue weighted by Crippen LogP contribution is -2.58. The van der Waals surface area contributed by atoms with Gasteiger partial charge in [0.05, 0.1) is 0 Å². The smallest absolute Gasteiger partial charge is 0.223 e. The average Bonchev–Trinajstić information content (AvgIpc) is 2.37. The van der Waals surface area contributed by atoms with Crippen LogP contribution in [0.5, 0.6) is 0 Å². The number of rotatable bonds is 5. The lowest BCUT2D eigenvalue weighted by atomic mass is 9.73. The maximum absolute atomic E-state index is 11.7. The van der Waals surface area contributed by atoms with Gasteiger partial charge in [-0.05, 0) is 38.5 Å². The first-order chi connectivity index (χ1) is 9.49. The van der Waals surface area contributed by atoms with Gasteiger partial charge in [-0.3, -0.25) is 4.79 Å². The summed E-state index contributed by atoms with van der Waals surface area (Å²) in [5.74, 6) is 1.78. The Bertz CT molecular complexity index is 316. The van der Waals surface area contributed by atoms with Crippen molar-refractivity contribution in [3.63, 3.8) is 0 Å². The molecule has 116 valence electrons. The first kappa shape index (κ1) is 15.8. The Balaban J connectivity index is 1.84. The highest BCUT2D eigenvalue weighted by Gasteiger charge is 2.39. The second-order valence-electron chi connectivity index (χ2n) is 7.02. The fourth-order valence-electron chi connectivity index (χ4n) is 3.80. The molecule has 1 saturated carbocycles. The van der Waals surface area contributed by atoms with Crippen molar-refractivity contribution in [2.45, 2.75) is 51.6 Å². The number of piperidine rings is 1. The number of carbonyl (C=O) groups excluding carboxylic acids is 1. The highest BCUT2D eigenvalue weighted by atomic mass is 16.2. The molecule has 4 nitrogen and oxygen atoms in total. The van der Waals surface area contributed by atoms with Crippen molar-refractivity contribution in [3.05, 3.63) is 0 Å². The molecule has 2 rings (SSSR count). The number of fused-ring (bicyclic) bond motifs is 2. The summed E-state index contributed by atoms with van der Waals surface area (Å²) in [7, 11) is 3.66. The van der Waals surface area contributed by atoms with Gasteiger partial charge in [-0.1, -0.05) is 6.42 Å². The van der Waals surface area contributed by atoms with E-state index in [-0.39, 0.29) is 5.91 Å². The molecule has 2 unspecified atom stereocenters. The summed E-state index contributed by atoms with van der Waals surface area (Å²) in [5, 5.41) is 3.69.